The fourth-order valence-electron chi connectivity index (χ4n) is 0. The van der Waals surface area contributed by atoms with E-state index in [1.165, 1.54) is 4.86 Å². The second-order valence-electron chi connectivity index (χ2n) is 0.124. The summed E-state index contributed by atoms with van der Waals surface area (Å²) in [4.78, 5) is 10.5. The molecule has 0 aromatic rings. The van der Waals surface area contributed by atoms with Gasteiger partial charge in [-0.05, 0) is 0 Å². The first-order valence-corrected chi connectivity index (χ1v) is 3.42. The summed E-state index contributed by atoms with van der Waals surface area (Å²) in [6, 6.07) is 0. The van der Waals surface area contributed by atoms with Crippen molar-refractivity contribution in [3.8, 4) is 0 Å². The van der Waals surface area contributed by atoms with Gasteiger partial charge >= 0.3 is 36.1 Å². The Morgan fingerprint density at radius 3 is 2.25 bits per heavy atom. The van der Waals surface area contributed by atoms with E-state index in [9.17, 15) is 0 Å². The SMILES string of the molecule is O=[C]=[Ni][Br]. The Morgan fingerprint density at radius 2 is 2.25 bits per heavy atom. The van der Waals surface area contributed by atoms with E-state index in [0.717, 1.165) is 12.2 Å². The van der Waals surface area contributed by atoms with Gasteiger partial charge in [0.05, 0.1) is 0 Å². The van der Waals surface area contributed by atoms with Gasteiger partial charge in [0.2, 0.25) is 0 Å². The number of hydrogen-bond donors (Lipinski definition) is 0. The molecule has 0 aromatic heterocycles. The van der Waals surface area contributed by atoms with Crippen molar-refractivity contribution in [2.75, 3.05) is 0 Å². The van der Waals surface area contributed by atoms with Crippen molar-refractivity contribution in [2.24, 2.45) is 0 Å². The maximum atomic E-state index is 8.97. The molecule has 27 valence electrons. The maximum absolute atomic E-state index is 8.97. The van der Waals surface area contributed by atoms with Crippen LogP contribution < -0.4 is 0 Å². The molecule has 0 N–H and O–H groups in total. The molecule has 0 radical (unpaired) electrons. The Morgan fingerprint density at radius 1 is 2.00 bits per heavy atom. The Hall–Kier alpha value is 0.554. The fraction of sp³-hybridized carbons (Fsp3) is 0. The van der Waals surface area contributed by atoms with E-state index in [4.69, 9.17) is 4.79 Å². The van der Waals surface area contributed by atoms with Gasteiger partial charge in [0.15, 0.2) is 0 Å². The van der Waals surface area contributed by atoms with Gasteiger partial charge in [-0.3, -0.25) is 0 Å². The van der Waals surface area contributed by atoms with Crippen molar-refractivity contribution < 1.29 is 17.0 Å². The van der Waals surface area contributed by atoms with Crippen LogP contribution in [-0.4, -0.2) is 4.86 Å². The van der Waals surface area contributed by atoms with E-state index in [1.54, 1.807) is 0 Å². The molecule has 1 nitrogen and oxygen atoms in total. The molecule has 0 atom stereocenters. The van der Waals surface area contributed by atoms with Crippen LogP contribution in [0, 0.1) is 0 Å². The van der Waals surface area contributed by atoms with E-state index in [-0.39, 0.29) is 0 Å². The van der Waals surface area contributed by atoms with Crippen LogP contribution in [0.25, 0.3) is 0 Å². The van der Waals surface area contributed by atoms with Crippen molar-refractivity contribution in [3.63, 3.8) is 0 Å². The van der Waals surface area contributed by atoms with E-state index < -0.39 is 0 Å². The molecule has 0 aliphatic carbocycles. The molecule has 4 heavy (non-hydrogen) atoms. The second-order valence-corrected chi connectivity index (χ2v) is 1.55. The summed E-state index contributed by atoms with van der Waals surface area (Å²) in [5.41, 5.74) is 0. The molecule has 0 rings (SSSR count). The predicted molar refractivity (Wildman–Crippen MR) is 14.6 cm³/mol. The first-order valence-electron chi connectivity index (χ1n) is 0.482. The van der Waals surface area contributed by atoms with Crippen molar-refractivity contribution >= 4 is 19.1 Å². The van der Waals surface area contributed by atoms with Crippen LogP contribution in [0.2, 0.25) is 0 Å². The normalized spacial score (nSPS) is 6.25. The predicted octanol–water partition coefficient (Wildman–Crippen LogP) is 0.446. The van der Waals surface area contributed by atoms with Gasteiger partial charge in [-0.15, -0.1) is 0 Å². The Balaban J connectivity index is 3.11. The van der Waals surface area contributed by atoms with Crippen LogP contribution in [-0.2, 0) is 17.0 Å². The van der Waals surface area contributed by atoms with Crippen molar-refractivity contribution in [2.45, 2.75) is 0 Å². The molecule has 0 unspecified atom stereocenters. The van der Waals surface area contributed by atoms with Gasteiger partial charge in [-0.25, -0.2) is 0 Å². The first-order chi connectivity index (χ1) is 1.91. The van der Waals surface area contributed by atoms with E-state index in [0.29, 0.717) is 0 Å². The van der Waals surface area contributed by atoms with Gasteiger partial charge in [0, 0.05) is 0 Å². The number of halogens is 1. The summed E-state index contributed by atoms with van der Waals surface area (Å²) in [7, 11) is 0. The third-order valence-electron chi connectivity index (χ3n) is 0.0244. The summed E-state index contributed by atoms with van der Waals surface area (Å²) in [6.45, 7) is 0. The molecule has 0 spiro atoms. The molecule has 0 fully saturated rings. The summed E-state index contributed by atoms with van der Waals surface area (Å²) >= 11 is 3.49. The average Bonchev–Trinajstić information content (AvgIpc) is 1.37. The van der Waals surface area contributed by atoms with Gasteiger partial charge in [0.1, 0.15) is 0 Å². The third kappa shape index (κ3) is 2.55. The van der Waals surface area contributed by atoms with Gasteiger partial charge in [-0.2, -0.15) is 0 Å². The average molecular weight is 167 g/mol. The molecule has 0 aliphatic rings. The zero-order valence-electron chi connectivity index (χ0n) is 1.60. The van der Waals surface area contributed by atoms with Crippen molar-refractivity contribution in [3.05, 3.63) is 0 Å². The molecular formula is CBrNiO. The number of carbonyl (C=O) groups excluding carboxylic acids is 1. The zero-order chi connectivity index (χ0) is 3.41. The van der Waals surface area contributed by atoms with Crippen molar-refractivity contribution in [1.29, 1.82) is 0 Å². The summed E-state index contributed by atoms with van der Waals surface area (Å²) in [5, 5.41) is 0. The molecule has 0 bridgehead atoms. The zero-order valence-corrected chi connectivity index (χ0v) is 4.18. The quantitative estimate of drug-likeness (QED) is 0.478. The van der Waals surface area contributed by atoms with Crippen LogP contribution in [0.4, 0.5) is 0 Å². The first kappa shape index (κ1) is 4.55. The van der Waals surface area contributed by atoms with Gasteiger partial charge in [0.25, 0.3) is 0 Å². The molecule has 0 saturated carbocycles. The minimum atomic E-state index is 0.729. The molecule has 0 saturated heterocycles. The van der Waals surface area contributed by atoms with Crippen LogP contribution in [0.5, 0.6) is 0 Å². The van der Waals surface area contributed by atoms with Crippen LogP contribution in [0.3, 0.4) is 0 Å². The fourth-order valence-corrected chi connectivity index (χ4v) is 0. The molecule has 0 amide bonds. The standard InChI is InChI=1S/CO.BrH.Ni/c1-2;;/h;1H;/q;;+1/p-1. The number of rotatable bonds is 0. The number of hydrogen-bond acceptors (Lipinski definition) is 1. The molecule has 0 heterocycles. The second kappa shape index (κ2) is 3.55. The molecule has 0 aromatic carbocycles. The Bertz CT molecular complexity index is 46.0. The summed E-state index contributed by atoms with van der Waals surface area (Å²) in [5.74, 6) is 0. The summed E-state index contributed by atoms with van der Waals surface area (Å²) in [6.07, 6.45) is 0. The van der Waals surface area contributed by atoms with Crippen LogP contribution in [0.1, 0.15) is 0 Å². The summed E-state index contributed by atoms with van der Waals surface area (Å²) < 4.78 is 0. The van der Waals surface area contributed by atoms with E-state index in [2.05, 4.69) is 14.2 Å². The molecule has 3 heteroatoms. The Kier molecular flexibility index (Phi) is 4.05. The van der Waals surface area contributed by atoms with E-state index >= 15 is 0 Å². The van der Waals surface area contributed by atoms with Gasteiger partial charge < -0.3 is 0 Å². The molecular weight excluding hydrogens is 167 g/mol. The van der Waals surface area contributed by atoms with Crippen LogP contribution >= 0.6 is 14.2 Å². The Labute approximate surface area is 36.5 Å². The van der Waals surface area contributed by atoms with Crippen molar-refractivity contribution in [1.82, 2.24) is 0 Å². The van der Waals surface area contributed by atoms with Gasteiger partial charge in [-0.1, -0.05) is 0 Å². The van der Waals surface area contributed by atoms with E-state index in [1.807, 2.05) is 0 Å². The third-order valence-corrected chi connectivity index (χ3v) is 0.523. The van der Waals surface area contributed by atoms with Crippen LogP contribution in [0.15, 0.2) is 0 Å². The topological polar surface area (TPSA) is 17.1 Å². The molecule has 0 aliphatic heterocycles. The minimum absolute atomic E-state index is 0.729. The monoisotopic (exact) mass is 165 g/mol.